The van der Waals surface area contributed by atoms with E-state index in [1.165, 1.54) is 0 Å². The van der Waals surface area contributed by atoms with Crippen molar-refractivity contribution in [3.63, 3.8) is 0 Å². The smallest absolute Gasteiger partial charge is 0.130 e. The molecule has 160 valence electrons. The third kappa shape index (κ3) is 5.70. The molecule has 4 aromatic rings. The van der Waals surface area contributed by atoms with E-state index in [0.717, 1.165) is 45.5 Å². The van der Waals surface area contributed by atoms with Crippen LogP contribution in [0.5, 0.6) is 11.5 Å². The van der Waals surface area contributed by atoms with E-state index in [1.54, 1.807) is 13.3 Å². The number of hydrogen-bond donors (Lipinski definition) is 1. The van der Waals surface area contributed by atoms with E-state index < -0.39 is 0 Å². The van der Waals surface area contributed by atoms with Crippen LogP contribution >= 0.6 is 0 Å². The summed E-state index contributed by atoms with van der Waals surface area (Å²) in [6.45, 7) is 2.38. The van der Waals surface area contributed by atoms with Crippen molar-refractivity contribution in [3.8, 4) is 11.5 Å². The molecule has 1 aromatic carbocycles. The number of benzene rings is 1. The Hall–Kier alpha value is -4.19. The maximum atomic E-state index is 5.83. The lowest BCUT2D eigenvalue weighted by Crippen LogP contribution is -1.98. The van der Waals surface area contributed by atoms with Crippen molar-refractivity contribution in [2.45, 2.75) is 13.5 Å². The first kappa shape index (κ1) is 21.1. The van der Waals surface area contributed by atoms with Crippen molar-refractivity contribution in [1.82, 2.24) is 20.2 Å². The maximum absolute atomic E-state index is 5.83. The fourth-order valence-electron chi connectivity index (χ4n) is 3.09. The molecule has 0 amide bonds. The third-order valence-electron chi connectivity index (χ3n) is 4.71. The van der Waals surface area contributed by atoms with E-state index in [-0.39, 0.29) is 0 Å². The summed E-state index contributed by atoms with van der Waals surface area (Å²) < 4.78 is 11.4. The SMILES string of the molecule is COc1cc(OCc2ccccn2)ccc1/C=C/c1cc(/C=C/c2cccc(C)n2)[nH]n1. The Labute approximate surface area is 187 Å². The van der Waals surface area contributed by atoms with Crippen LogP contribution in [0, 0.1) is 6.92 Å². The van der Waals surface area contributed by atoms with Crippen LogP contribution in [-0.2, 0) is 6.61 Å². The Balaban J connectivity index is 1.41. The maximum Gasteiger partial charge on any atom is 0.130 e. The molecular weight excluding hydrogens is 400 g/mol. The van der Waals surface area contributed by atoms with Gasteiger partial charge in [0.1, 0.15) is 18.1 Å². The van der Waals surface area contributed by atoms with E-state index in [1.807, 2.05) is 91.9 Å². The minimum Gasteiger partial charge on any atom is -0.496 e. The number of aromatic nitrogens is 4. The summed E-state index contributed by atoms with van der Waals surface area (Å²) in [5.74, 6) is 1.45. The van der Waals surface area contributed by atoms with E-state index in [4.69, 9.17) is 9.47 Å². The normalized spacial score (nSPS) is 11.3. The lowest BCUT2D eigenvalue weighted by Gasteiger charge is -2.09. The van der Waals surface area contributed by atoms with Gasteiger partial charge in [-0.05, 0) is 73.7 Å². The van der Waals surface area contributed by atoms with Crippen molar-refractivity contribution >= 4 is 24.3 Å². The van der Waals surface area contributed by atoms with Gasteiger partial charge in [-0.15, -0.1) is 0 Å². The predicted molar refractivity (Wildman–Crippen MR) is 127 cm³/mol. The van der Waals surface area contributed by atoms with E-state index in [9.17, 15) is 0 Å². The largest absolute Gasteiger partial charge is 0.496 e. The lowest BCUT2D eigenvalue weighted by molar-refractivity contribution is 0.299. The number of nitrogens with one attached hydrogen (secondary N) is 1. The summed E-state index contributed by atoms with van der Waals surface area (Å²) in [4.78, 5) is 8.73. The van der Waals surface area contributed by atoms with Gasteiger partial charge >= 0.3 is 0 Å². The number of methoxy groups -OCH3 is 1. The fraction of sp³-hybridized carbons (Fsp3) is 0.115. The number of pyridine rings is 2. The highest BCUT2D eigenvalue weighted by Crippen LogP contribution is 2.27. The van der Waals surface area contributed by atoms with Gasteiger partial charge in [-0.25, -0.2) is 0 Å². The predicted octanol–water partition coefficient (Wildman–Crippen LogP) is 5.44. The molecule has 0 radical (unpaired) electrons. The number of ether oxygens (including phenoxy) is 2. The van der Waals surface area contributed by atoms with Crippen molar-refractivity contribution in [2.24, 2.45) is 0 Å². The molecule has 3 heterocycles. The van der Waals surface area contributed by atoms with Crippen LogP contribution in [0.1, 0.15) is 34.0 Å². The molecule has 0 saturated carbocycles. The third-order valence-corrected chi connectivity index (χ3v) is 4.71. The first-order valence-electron chi connectivity index (χ1n) is 10.3. The first-order chi connectivity index (χ1) is 15.7. The van der Waals surface area contributed by atoms with Crippen LogP contribution < -0.4 is 9.47 Å². The van der Waals surface area contributed by atoms with Crippen molar-refractivity contribution in [1.29, 1.82) is 0 Å². The number of aromatic amines is 1. The van der Waals surface area contributed by atoms with Crippen LogP contribution in [0.4, 0.5) is 0 Å². The molecule has 0 atom stereocenters. The second-order valence-electron chi connectivity index (χ2n) is 7.13. The van der Waals surface area contributed by atoms with Crippen LogP contribution in [0.2, 0.25) is 0 Å². The molecule has 0 unspecified atom stereocenters. The number of rotatable bonds is 8. The highest BCUT2D eigenvalue weighted by molar-refractivity contribution is 5.73. The molecule has 0 fully saturated rings. The Bertz CT molecular complexity index is 1230. The zero-order valence-corrected chi connectivity index (χ0v) is 18.0. The van der Waals surface area contributed by atoms with Crippen molar-refractivity contribution in [3.05, 3.63) is 101 Å². The van der Waals surface area contributed by atoms with Crippen LogP contribution in [0.15, 0.2) is 66.9 Å². The van der Waals surface area contributed by atoms with E-state index in [2.05, 4.69) is 20.2 Å². The zero-order valence-electron chi connectivity index (χ0n) is 18.0. The van der Waals surface area contributed by atoms with Gasteiger partial charge in [0, 0.05) is 23.5 Å². The van der Waals surface area contributed by atoms with Gasteiger partial charge in [0.2, 0.25) is 0 Å². The molecule has 32 heavy (non-hydrogen) atoms. The Morgan fingerprint density at radius 2 is 1.81 bits per heavy atom. The van der Waals surface area contributed by atoms with Gasteiger partial charge in [-0.3, -0.25) is 15.1 Å². The highest BCUT2D eigenvalue weighted by atomic mass is 16.5. The Kier molecular flexibility index (Phi) is 6.72. The number of aryl methyl sites for hydroxylation is 1. The van der Waals surface area contributed by atoms with Crippen LogP contribution in [-0.4, -0.2) is 27.3 Å². The molecule has 3 aromatic heterocycles. The monoisotopic (exact) mass is 424 g/mol. The molecule has 0 aliphatic heterocycles. The van der Waals surface area contributed by atoms with E-state index >= 15 is 0 Å². The quantitative estimate of drug-likeness (QED) is 0.408. The molecular formula is C26H24N4O2. The summed E-state index contributed by atoms with van der Waals surface area (Å²) >= 11 is 0. The lowest BCUT2D eigenvalue weighted by atomic mass is 10.1. The second-order valence-corrected chi connectivity index (χ2v) is 7.13. The van der Waals surface area contributed by atoms with Gasteiger partial charge in [0.25, 0.3) is 0 Å². The van der Waals surface area contributed by atoms with Gasteiger partial charge < -0.3 is 9.47 Å². The zero-order chi connectivity index (χ0) is 22.2. The average Bonchev–Trinajstić information content (AvgIpc) is 3.29. The number of H-pyrrole nitrogens is 1. The standard InChI is InChI=1S/C26H24N4O2/c1-19-6-5-8-21(28-19)12-13-23-16-22(29-30-23)11-9-20-10-14-25(17-26(20)31-2)32-18-24-7-3-4-15-27-24/h3-17H,18H2,1-2H3,(H,29,30)/b11-9+,13-12+. The Morgan fingerprint density at radius 3 is 2.62 bits per heavy atom. The van der Waals surface area contributed by atoms with Gasteiger partial charge in [0.15, 0.2) is 0 Å². The highest BCUT2D eigenvalue weighted by Gasteiger charge is 2.04. The van der Waals surface area contributed by atoms with Crippen molar-refractivity contribution < 1.29 is 9.47 Å². The Morgan fingerprint density at radius 1 is 0.906 bits per heavy atom. The fourth-order valence-corrected chi connectivity index (χ4v) is 3.09. The molecule has 6 heteroatoms. The first-order valence-corrected chi connectivity index (χ1v) is 10.3. The molecule has 1 N–H and O–H groups in total. The molecule has 0 aliphatic carbocycles. The summed E-state index contributed by atoms with van der Waals surface area (Å²) in [5, 5.41) is 7.37. The molecule has 4 rings (SSSR count). The minimum absolute atomic E-state index is 0.404. The van der Waals surface area contributed by atoms with E-state index in [0.29, 0.717) is 6.61 Å². The molecule has 0 bridgehead atoms. The second kappa shape index (κ2) is 10.2. The molecule has 0 spiro atoms. The van der Waals surface area contributed by atoms with Crippen LogP contribution in [0.3, 0.4) is 0 Å². The number of hydrogen-bond acceptors (Lipinski definition) is 5. The summed E-state index contributed by atoms with van der Waals surface area (Å²) in [6, 6.07) is 19.4. The van der Waals surface area contributed by atoms with Crippen molar-refractivity contribution in [2.75, 3.05) is 7.11 Å². The minimum atomic E-state index is 0.404. The van der Waals surface area contributed by atoms with Gasteiger partial charge in [-0.1, -0.05) is 12.1 Å². The number of nitrogens with zero attached hydrogens (tertiary/aromatic N) is 3. The van der Waals surface area contributed by atoms with Crippen LogP contribution in [0.25, 0.3) is 24.3 Å². The molecule has 6 nitrogen and oxygen atoms in total. The molecule has 0 aliphatic rings. The topological polar surface area (TPSA) is 72.9 Å². The van der Waals surface area contributed by atoms with Gasteiger partial charge in [0.05, 0.1) is 29.9 Å². The summed E-state index contributed by atoms with van der Waals surface area (Å²) in [5.41, 5.74) is 5.42. The summed E-state index contributed by atoms with van der Waals surface area (Å²) in [7, 11) is 1.64. The summed E-state index contributed by atoms with van der Waals surface area (Å²) in [6.07, 6.45) is 9.57. The van der Waals surface area contributed by atoms with Gasteiger partial charge in [-0.2, -0.15) is 5.10 Å². The average molecular weight is 425 g/mol. The molecule has 0 saturated heterocycles.